The maximum Gasteiger partial charge on any atom is 0.307 e. The van der Waals surface area contributed by atoms with Crippen LogP contribution in [-0.2, 0) is 4.79 Å². The molecular formula is C20H32O3. The average molecular weight is 320 g/mol. The third-order valence-electron chi connectivity index (χ3n) is 6.21. The minimum Gasteiger partial charge on any atom is -0.481 e. The molecule has 2 aliphatic rings. The molecule has 2 saturated carbocycles. The second kappa shape index (κ2) is 7.65. The highest BCUT2D eigenvalue weighted by Gasteiger charge is 2.48. The molecule has 0 aromatic carbocycles. The number of carbonyl (C=O) groups is 1. The maximum atomic E-state index is 11.6. The monoisotopic (exact) mass is 320 g/mol. The van der Waals surface area contributed by atoms with E-state index >= 15 is 0 Å². The number of aliphatic carboxylic acids is 1. The lowest BCUT2D eigenvalue weighted by Crippen LogP contribution is -2.33. The van der Waals surface area contributed by atoms with Gasteiger partial charge in [-0.2, -0.15) is 0 Å². The molecule has 2 aliphatic carbocycles. The maximum absolute atomic E-state index is 11.6. The normalized spacial score (nSPS) is 36.6. The minimum atomic E-state index is -0.620. The second-order valence-electron chi connectivity index (χ2n) is 7.73. The Kier molecular flexibility index (Phi) is 6.07. The molecule has 0 aliphatic heterocycles. The number of aliphatic hydroxyl groups is 1. The van der Waals surface area contributed by atoms with Crippen LogP contribution in [-0.4, -0.2) is 22.3 Å². The molecule has 23 heavy (non-hydrogen) atoms. The fraction of sp³-hybridized carbons (Fsp3) is 0.750. The van der Waals surface area contributed by atoms with Crippen LogP contribution < -0.4 is 0 Å². The van der Waals surface area contributed by atoms with E-state index in [0.29, 0.717) is 5.92 Å². The van der Waals surface area contributed by atoms with E-state index in [4.69, 9.17) is 0 Å². The zero-order chi connectivity index (χ0) is 17.0. The summed E-state index contributed by atoms with van der Waals surface area (Å²) in [7, 11) is 0. The molecule has 0 aromatic heterocycles. The quantitative estimate of drug-likeness (QED) is 0.745. The Morgan fingerprint density at radius 2 is 2.13 bits per heavy atom. The van der Waals surface area contributed by atoms with Crippen molar-refractivity contribution in [1.82, 2.24) is 0 Å². The molecule has 1 unspecified atom stereocenters. The number of carboxylic acid groups (broad SMARTS) is 1. The van der Waals surface area contributed by atoms with E-state index in [1.54, 1.807) is 0 Å². The van der Waals surface area contributed by atoms with E-state index in [1.807, 2.05) is 0 Å². The third kappa shape index (κ3) is 4.06. The zero-order valence-corrected chi connectivity index (χ0v) is 14.7. The van der Waals surface area contributed by atoms with Gasteiger partial charge >= 0.3 is 5.97 Å². The topological polar surface area (TPSA) is 57.5 Å². The Hall–Kier alpha value is -1.09. The smallest absolute Gasteiger partial charge is 0.307 e. The lowest BCUT2D eigenvalue weighted by molar-refractivity contribution is -0.146. The molecule has 0 spiro atoms. The SMILES string of the molecule is C=C1CC[C@H](O)C/C1=C/CCC1CC[C@H](C(=O)O)[C@@]1(C)CCC. The molecule has 2 N–H and O–H groups in total. The number of allylic oxidation sites excluding steroid dienone is 2. The summed E-state index contributed by atoms with van der Waals surface area (Å²) >= 11 is 0. The van der Waals surface area contributed by atoms with E-state index in [2.05, 4.69) is 26.5 Å². The summed E-state index contributed by atoms with van der Waals surface area (Å²) < 4.78 is 0. The summed E-state index contributed by atoms with van der Waals surface area (Å²) in [5, 5.41) is 19.3. The number of carboxylic acids is 1. The Labute approximate surface area is 140 Å². The largest absolute Gasteiger partial charge is 0.481 e. The number of rotatable bonds is 6. The molecule has 3 nitrogen and oxygen atoms in total. The summed E-state index contributed by atoms with van der Waals surface area (Å²) in [5.41, 5.74) is 2.32. The fourth-order valence-electron chi connectivity index (χ4n) is 4.80. The van der Waals surface area contributed by atoms with Crippen LogP contribution in [0.15, 0.2) is 23.8 Å². The Bertz CT molecular complexity index is 479. The van der Waals surface area contributed by atoms with Gasteiger partial charge in [0.25, 0.3) is 0 Å². The standard InChI is InChI=1S/C20H32O3/c1-4-12-20(3)16(9-11-18(20)19(22)23)7-5-6-15-13-17(21)10-8-14(15)2/h6,16-18,21H,2,4-5,7-13H2,1,3H3,(H,22,23)/b15-6-/t16?,17-,18+,20-/m0/s1. The third-order valence-corrected chi connectivity index (χ3v) is 6.21. The van der Waals surface area contributed by atoms with Crippen molar-refractivity contribution >= 4 is 5.97 Å². The van der Waals surface area contributed by atoms with Crippen LogP contribution in [0.25, 0.3) is 0 Å². The summed E-state index contributed by atoms with van der Waals surface area (Å²) in [5.74, 6) is -0.320. The Morgan fingerprint density at radius 1 is 1.39 bits per heavy atom. The predicted octanol–water partition coefficient (Wildman–Crippen LogP) is 4.71. The highest BCUT2D eigenvalue weighted by atomic mass is 16.4. The zero-order valence-electron chi connectivity index (χ0n) is 14.7. The van der Waals surface area contributed by atoms with Gasteiger partial charge in [0.05, 0.1) is 12.0 Å². The number of hydrogen-bond acceptors (Lipinski definition) is 2. The summed E-state index contributed by atoms with van der Waals surface area (Å²) in [6.45, 7) is 8.45. The van der Waals surface area contributed by atoms with Crippen LogP contribution in [0.1, 0.15) is 71.6 Å². The first kappa shape index (κ1) is 18.3. The highest BCUT2D eigenvalue weighted by Crippen LogP contribution is 2.52. The molecule has 2 fully saturated rings. The predicted molar refractivity (Wildman–Crippen MR) is 93.2 cm³/mol. The average Bonchev–Trinajstić information content (AvgIpc) is 2.80. The van der Waals surface area contributed by atoms with Gasteiger partial charge in [0, 0.05) is 0 Å². The van der Waals surface area contributed by atoms with E-state index in [-0.39, 0.29) is 17.4 Å². The van der Waals surface area contributed by atoms with E-state index in [9.17, 15) is 15.0 Å². The Balaban J connectivity index is 1.99. The first-order valence-corrected chi connectivity index (χ1v) is 9.16. The van der Waals surface area contributed by atoms with Crippen molar-refractivity contribution in [3.8, 4) is 0 Å². The molecule has 0 aromatic rings. The van der Waals surface area contributed by atoms with Crippen molar-refractivity contribution in [3.05, 3.63) is 23.8 Å². The summed E-state index contributed by atoms with van der Waals surface area (Å²) in [6.07, 6.45) is 10.4. The fourth-order valence-corrected chi connectivity index (χ4v) is 4.80. The number of hydrogen-bond donors (Lipinski definition) is 2. The molecule has 130 valence electrons. The minimum absolute atomic E-state index is 0.0673. The highest BCUT2D eigenvalue weighted by molar-refractivity contribution is 5.71. The van der Waals surface area contributed by atoms with E-state index in [0.717, 1.165) is 57.8 Å². The molecule has 2 rings (SSSR count). The van der Waals surface area contributed by atoms with Crippen LogP contribution >= 0.6 is 0 Å². The van der Waals surface area contributed by atoms with Crippen molar-refractivity contribution in [2.75, 3.05) is 0 Å². The van der Waals surface area contributed by atoms with Gasteiger partial charge in [0.2, 0.25) is 0 Å². The van der Waals surface area contributed by atoms with Gasteiger partial charge in [0.15, 0.2) is 0 Å². The van der Waals surface area contributed by atoms with Crippen LogP contribution in [0.2, 0.25) is 0 Å². The van der Waals surface area contributed by atoms with E-state index in [1.165, 1.54) is 11.1 Å². The molecule has 3 heteroatoms. The molecule has 0 saturated heterocycles. The van der Waals surface area contributed by atoms with Gasteiger partial charge in [-0.05, 0) is 68.3 Å². The van der Waals surface area contributed by atoms with Crippen molar-refractivity contribution in [1.29, 1.82) is 0 Å². The van der Waals surface area contributed by atoms with Gasteiger partial charge < -0.3 is 10.2 Å². The molecular weight excluding hydrogens is 288 g/mol. The van der Waals surface area contributed by atoms with Gasteiger partial charge in [-0.25, -0.2) is 0 Å². The van der Waals surface area contributed by atoms with Crippen molar-refractivity contribution < 1.29 is 15.0 Å². The Morgan fingerprint density at radius 3 is 2.78 bits per heavy atom. The van der Waals surface area contributed by atoms with Crippen LogP contribution in [0, 0.1) is 17.3 Å². The molecule has 0 amide bonds. The van der Waals surface area contributed by atoms with Crippen LogP contribution in [0.5, 0.6) is 0 Å². The first-order chi connectivity index (χ1) is 10.9. The second-order valence-corrected chi connectivity index (χ2v) is 7.73. The van der Waals surface area contributed by atoms with Gasteiger partial charge in [-0.3, -0.25) is 4.79 Å². The van der Waals surface area contributed by atoms with E-state index < -0.39 is 5.97 Å². The first-order valence-electron chi connectivity index (χ1n) is 9.16. The molecule has 0 heterocycles. The van der Waals surface area contributed by atoms with Gasteiger partial charge in [0.1, 0.15) is 0 Å². The lowest BCUT2D eigenvalue weighted by Gasteiger charge is -2.35. The van der Waals surface area contributed by atoms with Gasteiger partial charge in [-0.1, -0.05) is 38.5 Å². The molecule has 0 radical (unpaired) electrons. The van der Waals surface area contributed by atoms with Crippen LogP contribution in [0.3, 0.4) is 0 Å². The van der Waals surface area contributed by atoms with Crippen molar-refractivity contribution in [3.63, 3.8) is 0 Å². The van der Waals surface area contributed by atoms with Gasteiger partial charge in [-0.15, -0.1) is 0 Å². The van der Waals surface area contributed by atoms with Crippen LogP contribution in [0.4, 0.5) is 0 Å². The van der Waals surface area contributed by atoms with Crippen molar-refractivity contribution in [2.24, 2.45) is 17.3 Å². The molecule has 4 atom stereocenters. The number of aliphatic hydroxyl groups excluding tert-OH is 1. The summed E-state index contributed by atoms with van der Waals surface area (Å²) in [6, 6.07) is 0. The molecule has 0 bridgehead atoms. The van der Waals surface area contributed by atoms with Crippen molar-refractivity contribution in [2.45, 2.75) is 77.7 Å². The lowest BCUT2D eigenvalue weighted by atomic mass is 9.69. The summed E-state index contributed by atoms with van der Waals surface area (Å²) in [4.78, 5) is 11.6.